The average Bonchev–Trinajstić information content (AvgIpc) is 2.99. The molecular formula is C19H21N3OS. The predicted octanol–water partition coefficient (Wildman–Crippen LogP) is 3.97. The van der Waals surface area contributed by atoms with Crippen molar-refractivity contribution in [1.29, 1.82) is 0 Å². The van der Waals surface area contributed by atoms with Crippen molar-refractivity contribution in [2.45, 2.75) is 45.7 Å². The van der Waals surface area contributed by atoms with E-state index in [-0.39, 0.29) is 5.56 Å². The monoisotopic (exact) mass is 339 g/mol. The summed E-state index contributed by atoms with van der Waals surface area (Å²) in [5.41, 5.74) is 2.55. The number of fused-ring (bicyclic) bond motifs is 3. The number of nitrogens with one attached hydrogen (secondary N) is 1. The predicted molar refractivity (Wildman–Crippen MR) is 100.0 cm³/mol. The van der Waals surface area contributed by atoms with Crippen LogP contribution in [-0.4, -0.2) is 9.55 Å². The van der Waals surface area contributed by atoms with Crippen LogP contribution in [0.25, 0.3) is 10.2 Å². The number of rotatable bonds is 4. The van der Waals surface area contributed by atoms with Crippen LogP contribution < -0.4 is 10.9 Å². The summed E-state index contributed by atoms with van der Waals surface area (Å²) in [6.45, 7) is 3.30. The molecule has 2 aromatic heterocycles. The second-order valence-electron chi connectivity index (χ2n) is 6.22. The van der Waals surface area contributed by atoms with Crippen molar-refractivity contribution in [3.05, 3.63) is 56.7 Å². The number of anilines is 1. The van der Waals surface area contributed by atoms with Crippen LogP contribution in [0.4, 0.5) is 5.95 Å². The SMILES string of the molecule is CCn1c(NCc2ccccc2)nc2sc3c(c2c1=O)CCCC3. The standard InChI is InChI=1S/C19H21N3OS/c1-2-22-18(23)16-14-10-6-7-11-15(14)24-17(16)21-19(22)20-12-13-8-4-3-5-9-13/h3-5,8-9H,2,6-7,10-12H2,1H3,(H,20,21). The van der Waals surface area contributed by atoms with Gasteiger partial charge in [0, 0.05) is 18.0 Å². The first-order chi connectivity index (χ1) is 11.8. The number of aromatic nitrogens is 2. The molecule has 0 bridgehead atoms. The Morgan fingerprint density at radius 2 is 2.00 bits per heavy atom. The van der Waals surface area contributed by atoms with Crippen LogP contribution in [0.5, 0.6) is 0 Å². The molecule has 0 spiro atoms. The Labute approximate surface area is 145 Å². The minimum absolute atomic E-state index is 0.109. The van der Waals surface area contributed by atoms with Crippen LogP contribution >= 0.6 is 11.3 Å². The Hall–Kier alpha value is -2.14. The molecule has 0 amide bonds. The van der Waals surface area contributed by atoms with Gasteiger partial charge in [-0.3, -0.25) is 9.36 Å². The summed E-state index contributed by atoms with van der Waals surface area (Å²) in [5.74, 6) is 0.678. The summed E-state index contributed by atoms with van der Waals surface area (Å²) >= 11 is 1.70. The van der Waals surface area contributed by atoms with E-state index < -0.39 is 0 Å². The van der Waals surface area contributed by atoms with Gasteiger partial charge in [-0.15, -0.1) is 11.3 Å². The number of hydrogen-bond donors (Lipinski definition) is 1. The first kappa shape index (κ1) is 15.4. The molecule has 0 fully saturated rings. The molecule has 0 saturated carbocycles. The summed E-state index contributed by atoms with van der Waals surface area (Å²) in [6, 6.07) is 10.2. The Balaban J connectivity index is 1.76. The van der Waals surface area contributed by atoms with Gasteiger partial charge in [-0.2, -0.15) is 0 Å². The number of nitrogens with zero attached hydrogens (tertiary/aromatic N) is 2. The van der Waals surface area contributed by atoms with Gasteiger partial charge in [0.1, 0.15) is 4.83 Å². The van der Waals surface area contributed by atoms with Crippen LogP contribution in [0.15, 0.2) is 35.1 Å². The van der Waals surface area contributed by atoms with Crippen LogP contribution in [0.2, 0.25) is 0 Å². The molecule has 0 unspecified atom stereocenters. The summed E-state index contributed by atoms with van der Waals surface area (Å²) in [7, 11) is 0. The van der Waals surface area contributed by atoms with E-state index in [1.54, 1.807) is 15.9 Å². The van der Waals surface area contributed by atoms with Crippen molar-refractivity contribution in [3.63, 3.8) is 0 Å². The fourth-order valence-corrected chi connectivity index (χ4v) is 4.70. The third-order valence-corrected chi connectivity index (χ3v) is 5.87. The molecule has 24 heavy (non-hydrogen) atoms. The normalized spacial score (nSPS) is 13.9. The fourth-order valence-electron chi connectivity index (χ4n) is 3.44. The van der Waals surface area contributed by atoms with Crippen LogP contribution in [0.1, 0.15) is 35.8 Å². The van der Waals surface area contributed by atoms with Gasteiger partial charge in [-0.05, 0) is 43.7 Å². The molecule has 0 radical (unpaired) electrons. The zero-order valence-electron chi connectivity index (χ0n) is 13.8. The molecule has 124 valence electrons. The van der Waals surface area contributed by atoms with Crippen molar-refractivity contribution in [2.24, 2.45) is 0 Å². The maximum Gasteiger partial charge on any atom is 0.263 e. The summed E-state index contributed by atoms with van der Waals surface area (Å²) < 4.78 is 1.77. The van der Waals surface area contributed by atoms with Crippen molar-refractivity contribution < 1.29 is 0 Å². The van der Waals surface area contributed by atoms with E-state index in [2.05, 4.69) is 17.4 Å². The highest BCUT2D eigenvalue weighted by Crippen LogP contribution is 2.34. The van der Waals surface area contributed by atoms with E-state index in [0.29, 0.717) is 19.0 Å². The second-order valence-corrected chi connectivity index (χ2v) is 7.30. The number of hydrogen-bond acceptors (Lipinski definition) is 4. The number of aryl methyl sites for hydroxylation is 2. The molecule has 0 atom stereocenters. The second kappa shape index (κ2) is 6.40. The molecule has 5 heteroatoms. The lowest BCUT2D eigenvalue weighted by Gasteiger charge is -2.13. The van der Waals surface area contributed by atoms with Crippen molar-refractivity contribution >= 4 is 27.5 Å². The number of benzene rings is 1. The maximum absolute atomic E-state index is 13.0. The van der Waals surface area contributed by atoms with Crippen LogP contribution in [0, 0.1) is 0 Å². The lowest BCUT2D eigenvalue weighted by Crippen LogP contribution is -2.24. The topological polar surface area (TPSA) is 46.9 Å². The van der Waals surface area contributed by atoms with Gasteiger partial charge < -0.3 is 5.32 Å². The molecule has 1 aromatic carbocycles. The van der Waals surface area contributed by atoms with Gasteiger partial charge in [0.2, 0.25) is 5.95 Å². The molecular weight excluding hydrogens is 318 g/mol. The molecule has 1 N–H and O–H groups in total. The summed E-state index contributed by atoms with van der Waals surface area (Å²) in [5, 5.41) is 4.22. The largest absolute Gasteiger partial charge is 0.351 e. The van der Waals surface area contributed by atoms with Gasteiger partial charge in [0.25, 0.3) is 5.56 Å². The lowest BCUT2D eigenvalue weighted by atomic mass is 9.97. The molecule has 4 nitrogen and oxygen atoms in total. The molecule has 4 rings (SSSR count). The average molecular weight is 339 g/mol. The molecule has 0 saturated heterocycles. The van der Waals surface area contributed by atoms with Gasteiger partial charge in [0.15, 0.2) is 0 Å². The first-order valence-electron chi connectivity index (χ1n) is 8.61. The van der Waals surface area contributed by atoms with Gasteiger partial charge in [0.05, 0.1) is 5.39 Å². The lowest BCUT2D eigenvalue weighted by molar-refractivity contribution is 0.695. The molecule has 3 aromatic rings. The molecule has 0 aliphatic heterocycles. The fraction of sp³-hybridized carbons (Fsp3) is 0.368. The molecule has 1 aliphatic rings. The van der Waals surface area contributed by atoms with Crippen molar-refractivity contribution in [3.8, 4) is 0 Å². The molecule has 1 aliphatic carbocycles. The van der Waals surface area contributed by atoms with Crippen LogP contribution in [-0.2, 0) is 25.9 Å². The van der Waals surface area contributed by atoms with E-state index in [1.807, 2.05) is 25.1 Å². The summed E-state index contributed by atoms with van der Waals surface area (Å²) in [4.78, 5) is 20.1. The van der Waals surface area contributed by atoms with E-state index in [1.165, 1.54) is 28.8 Å². The maximum atomic E-state index is 13.0. The zero-order chi connectivity index (χ0) is 16.5. The van der Waals surface area contributed by atoms with E-state index >= 15 is 0 Å². The van der Waals surface area contributed by atoms with E-state index in [9.17, 15) is 4.79 Å². The van der Waals surface area contributed by atoms with Gasteiger partial charge >= 0.3 is 0 Å². The Morgan fingerprint density at radius 1 is 1.21 bits per heavy atom. The van der Waals surface area contributed by atoms with E-state index in [0.717, 1.165) is 23.1 Å². The Morgan fingerprint density at radius 3 is 2.79 bits per heavy atom. The van der Waals surface area contributed by atoms with Crippen LogP contribution in [0.3, 0.4) is 0 Å². The molecule has 2 heterocycles. The van der Waals surface area contributed by atoms with Crippen molar-refractivity contribution in [1.82, 2.24) is 9.55 Å². The quantitative estimate of drug-likeness (QED) is 0.782. The van der Waals surface area contributed by atoms with E-state index in [4.69, 9.17) is 4.98 Å². The zero-order valence-corrected chi connectivity index (χ0v) is 14.7. The highest BCUT2D eigenvalue weighted by molar-refractivity contribution is 7.18. The van der Waals surface area contributed by atoms with Crippen molar-refractivity contribution in [2.75, 3.05) is 5.32 Å². The highest BCUT2D eigenvalue weighted by atomic mass is 32.1. The smallest absolute Gasteiger partial charge is 0.263 e. The minimum Gasteiger partial charge on any atom is -0.351 e. The first-order valence-corrected chi connectivity index (χ1v) is 9.42. The highest BCUT2D eigenvalue weighted by Gasteiger charge is 2.21. The third kappa shape index (κ3) is 2.63. The van der Waals surface area contributed by atoms with Gasteiger partial charge in [-0.1, -0.05) is 30.3 Å². The Kier molecular flexibility index (Phi) is 4.10. The third-order valence-electron chi connectivity index (χ3n) is 4.68. The summed E-state index contributed by atoms with van der Waals surface area (Å²) in [6.07, 6.45) is 4.51. The van der Waals surface area contributed by atoms with Gasteiger partial charge in [-0.25, -0.2) is 4.98 Å². The minimum atomic E-state index is 0.109. The Bertz CT molecular complexity index is 927. The number of thiophene rings is 1.